The van der Waals surface area contributed by atoms with Crippen molar-refractivity contribution < 1.29 is 14.3 Å². The third-order valence-corrected chi connectivity index (χ3v) is 3.01. The molecule has 114 valence electrons. The Kier molecular flexibility index (Phi) is 6.66. The predicted molar refractivity (Wildman–Crippen MR) is 83.7 cm³/mol. The predicted octanol–water partition coefficient (Wildman–Crippen LogP) is 2.81. The van der Waals surface area contributed by atoms with Gasteiger partial charge in [0.2, 0.25) is 5.91 Å². The van der Waals surface area contributed by atoms with Crippen LogP contribution in [0.2, 0.25) is 0 Å². The van der Waals surface area contributed by atoms with E-state index in [1.54, 1.807) is 13.0 Å². The largest absolute Gasteiger partial charge is 0.465 e. The Morgan fingerprint density at radius 2 is 1.86 bits per heavy atom. The maximum Gasteiger partial charge on any atom is 0.325 e. The van der Waals surface area contributed by atoms with E-state index in [0.717, 1.165) is 5.56 Å². The minimum Gasteiger partial charge on any atom is -0.465 e. The van der Waals surface area contributed by atoms with Gasteiger partial charge in [0.05, 0.1) is 6.61 Å². The summed E-state index contributed by atoms with van der Waals surface area (Å²) in [6.45, 7) is 7.80. The number of amides is 1. The van der Waals surface area contributed by atoms with E-state index in [0.29, 0.717) is 6.61 Å². The minimum absolute atomic E-state index is 0.0252. The van der Waals surface area contributed by atoms with Crippen molar-refractivity contribution in [2.24, 2.45) is 0 Å². The molecule has 0 aliphatic carbocycles. The van der Waals surface area contributed by atoms with Gasteiger partial charge in [0, 0.05) is 12.1 Å². The average Bonchev–Trinajstić information content (AvgIpc) is 2.44. The van der Waals surface area contributed by atoms with Gasteiger partial charge in [-0.2, -0.15) is 0 Å². The standard InChI is InChI=1S/C17H23NO3/c1-5-21-17(20)12-18(13(2)3)16(19)11-10-15-8-6-14(4)7-9-15/h6-11,13H,5,12H2,1-4H3/b11-10+. The molecule has 0 saturated carbocycles. The number of aryl methyl sites for hydroxylation is 1. The SMILES string of the molecule is CCOC(=O)CN(C(=O)/C=C/c1ccc(C)cc1)C(C)C. The third kappa shape index (κ3) is 5.81. The number of hydrogen-bond donors (Lipinski definition) is 0. The fraction of sp³-hybridized carbons (Fsp3) is 0.412. The number of hydrogen-bond acceptors (Lipinski definition) is 3. The van der Waals surface area contributed by atoms with E-state index in [1.165, 1.54) is 16.5 Å². The molecule has 0 aliphatic heterocycles. The summed E-state index contributed by atoms with van der Waals surface area (Å²) in [7, 11) is 0. The zero-order valence-corrected chi connectivity index (χ0v) is 13.1. The van der Waals surface area contributed by atoms with Gasteiger partial charge < -0.3 is 9.64 Å². The van der Waals surface area contributed by atoms with Crippen LogP contribution in [0.5, 0.6) is 0 Å². The fourth-order valence-electron chi connectivity index (χ4n) is 1.80. The van der Waals surface area contributed by atoms with E-state index in [4.69, 9.17) is 4.74 Å². The number of ether oxygens (including phenoxy) is 1. The van der Waals surface area contributed by atoms with Gasteiger partial charge >= 0.3 is 5.97 Å². The summed E-state index contributed by atoms with van der Waals surface area (Å²) in [6, 6.07) is 7.81. The zero-order valence-electron chi connectivity index (χ0n) is 13.1. The van der Waals surface area contributed by atoms with Gasteiger partial charge in [0.1, 0.15) is 6.54 Å². The molecule has 0 aromatic heterocycles. The van der Waals surface area contributed by atoms with Crippen LogP contribution in [0.4, 0.5) is 0 Å². The summed E-state index contributed by atoms with van der Waals surface area (Å²) in [5, 5.41) is 0. The summed E-state index contributed by atoms with van der Waals surface area (Å²) in [6.07, 6.45) is 3.24. The van der Waals surface area contributed by atoms with E-state index in [-0.39, 0.29) is 24.5 Å². The Hall–Kier alpha value is -2.10. The molecular weight excluding hydrogens is 266 g/mol. The molecule has 21 heavy (non-hydrogen) atoms. The van der Waals surface area contributed by atoms with Crippen LogP contribution in [0.3, 0.4) is 0 Å². The van der Waals surface area contributed by atoms with Crippen molar-refractivity contribution in [3.63, 3.8) is 0 Å². The van der Waals surface area contributed by atoms with Crippen LogP contribution in [0.15, 0.2) is 30.3 Å². The van der Waals surface area contributed by atoms with E-state index >= 15 is 0 Å². The number of nitrogens with zero attached hydrogens (tertiary/aromatic N) is 1. The van der Waals surface area contributed by atoms with Crippen molar-refractivity contribution in [2.75, 3.05) is 13.2 Å². The smallest absolute Gasteiger partial charge is 0.325 e. The molecule has 1 amide bonds. The molecule has 1 rings (SSSR count). The second kappa shape index (κ2) is 8.25. The summed E-state index contributed by atoms with van der Waals surface area (Å²) in [5.41, 5.74) is 2.12. The molecule has 0 atom stereocenters. The lowest BCUT2D eigenvalue weighted by Gasteiger charge is -2.24. The van der Waals surface area contributed by atoms with Crippen LogP contribution in [0.25, 0.3) is 6.08 Å². The highest BCUT2D eigenvalue weighted by Crippen LogP contribution is 2.07. The highest BCUT2D eigenvalue weighted by molar-refractivity contribution is 5.93. The van der Waals surface area contributed by atoms with E-state index in [9.17, 15) is 9.59 Å². The summed E-state index contributed by atoms with van der Waals surface area (Å²) >= 11 is 0. The van der Waals surface area contributed by atoms with Gasteiger partial charge in [-0.25, -0.2) is 0 Å². The highest BCUT2D eigenvalue weighted by atomic mass is 16.5. The van der Waals surface area contributed by atoms with Crippen molar-refractivity contribution in [1.29, 1.82) is 0 Å². The van der Waals surface area contributed by atoms with Gasteiger partial charge in [-0.05, 0) is 39.3 Å². The van der Waals surface area contributed by atoms with Gasteiger partial charge in [-0.15, -0.1) is 0 Å². The van der Waals surface area contributed by atoms with Crippen molar-refractivity contribution >= 4 is 18.0 Å². The Morgan fingerprint density at radius 3 is 2.38 bits per heavy atom. The van der Waals surface area contributed by atoms with Crippen LogP contribution in [0.1, 0.15) is 31.9 Å². The maximum atomic E-state index is 12.2. The second-order valence-corrected chi connectivity index (χ2v) is 5.11. The number of rotatable bonds is 6. The molecule has 4 heteroatoms. The van der Waals surface area contributed by atoms with Crippen LogP contribution >= 0.6 is 0 Å². The van der Waals surface area contributed by atoms with Gasteiger partial charge in [0.25, 0.3) is 0 Å². The molecule has 0 radical (unpaired) electrons. The fourth-order valence-corrected chi connectivity index (χ4v) is 1.80. The molecule has 1 aromatic carbocycles. The lowest BCUT2D eigenvalue weighted by Crippen LogP contribution is -2.40. The monoisotopic (exact) mass is 289 g/mol. The Morgan fingerprint density at radius 1 is 1.24 bits per heavy atom. The molecule has 0 bridgehead atoms. The number of esters is 1. The maximum absolute atomic E-state index is 12.2. The topological polar surface area (TPSA) is 46.6 Å². The van der Waals surface area contributed by atoms with Gasteiger partial charge in [-0.3, -0.25) is 9.59 Å². The van der Waals surface area contributed by atoms with Crippen molar-refractivity contribution in [1.82, 2.24) is 4.90 Å². The molecule has 0 unspecified atom stereocenters. The van der Waals surface area contributed by atoms with Crippen molar-refractivity contribution in [2.45, 2.75) is 33.7 Å². The van der Waals surface area contributed by atoms with Crippen LogP contribution in [-0.4, -0.2) is 36.0 Å². The van der Waals surface area contributed by atoms with Gasteiger partial charge in [-0.1, -0.05) is 29.8 Å². The summed E-state index contributed by atoms with van der Waals surface area (Å²) in [4.78, 5) is 25.2. The van der Waals surface area contributed by atoms with Crippen LogP contribution in [0, 0.1) is 6.92 Å². The van der Waals surface area contributed by atoms with Crippen LogP contribution in [-0.2, 0) is 14.3 Å². The molecule has 4 nitrogen and oxygen atoms in total. The van der Waals surface area contributed by atoms with Crippen molar-refractivity contribution in [3.8, 4) is 0 Å². The quantitative estimate of drug-likeness (QED) is 0.597. The van der Waals surface area contributed by atoms with E-state index in [1.807, 2.05) is 45.0 Å². The minimum atomic E-state index is -0.386. The zero-order chi connectivity index (χ0) is 15.8. The number of carbonyl (C=O) groups is 2. The third-order valence-electron chi connectivity index (χ3n) is 3.01. The summed E-state index contributed by atoms with van der Waals surface area (Å²) in [5.74, 6) is -0.582. The molecule has 0 saturated heterocycles. The molecule has 0 heterocycles. The number of benzene rings is 1. The second-order valence-electron chi connectivity index (χ2n) is 5.11. The molecule has 0 N–H and O–H groups in total. The van der Waals surface area contributed by atoms with Crippen molar-refractivity contribution in [3.05, 3.63) is 41.5 Å². The Balaban J connectivity index is 2.72. The lowest BCUT2D eigenvalue weighted by molar-refractivity contribution is -0.148. The molecular formula is C17H23NO3. The molecule has 0 aliphatic rings. The first-order chi connectivity index (χ1) is 9.93. The molecule has 0 spiro atoms. The Bertz CT molecular complexity index is 503. The molecule has 0 fully saturated rings. The Labute approximate surface area is 126 Å². The van der Waals surface area contributed by atoms with Crippen LogP contribution < -0.4 is 0 Å². The number of carbonyl (C=O) groups excluding carboxylic acids is 2. The normalized spacial score (nSPS) is 10.9. The van der Waals surface area contributed by atoms with E-state index in [2.05, 4.69) is 0 Å². The molecule has 1 aromatic rings. The first-order valence-corrected chi connectivity index (χ1v) is 7.15. The first kappa shape index (κ1) is 17.0. The van der Waals surface area contributed by atoms with E-state index < -0.39 is 0 Å². The summed E-state index contributed by atoms with van der Waals surface area (Å²) < 4.78 is 4.89. The first-order valence-electron chi connectivity index (χ1n) is 7.15. The average molecular weight is 289 g/mol. The highest BCUT2D eigenvalue weighted by Gasteiger charge is 2.18. The van der Waals surface area contributed by atoms with Gasteiger partial charge in [0.15, 0.2) is 0 Å². The lowest BCUT2D eigenvalue weighted by atomic mass is 10.1.